The van der Waals surface area contributed by atoms with Crippen molar-refractivity contribution >= 4 is 5.91 Å². The highest BCUT2D eigenvalue weighted by Crippen LogP contribution is 2.29. The van der Waals surface area contributed by atoms with E-state index in [0.717, 1.165) is 37.5 Å². The van der Waals surface area contributed by atoms with Gasteiger partial charge < -0.3 is 15.8 Å². The zero-order valence-corrected chi connectivity index (χ0v) is 12.2. The minimum Gasteiger partial charge on any atom is -0.494 e. The Morgan fingerprint density at radius 1 is 1.35 bits per heavy atom. The first-order chi connectivity index (χ1) is 9.59. The molecule has 5 nitrogen and oxygen atoms in total. The monoisotopic (exact) mass is 277 g/mol. The van der Waals surface area contributed by atoms with Crippen LogP contribution in [0.25, 0.3) is 0 Å². The van der Waals surface area contributed by atoms with Crippen molar-refractivity contribution in [2.75, 3.05) is 32.8 Å². The van der Waals surface area contributed by atoms with Gasteiger partial charge in [0.15, 0.2) is 0 Å². The highest BCUT2D eigenvalue weighted by atomic mass is 16.5. The number of hydrogen-bond donors (Lipinski definition) is 2. The molecule has 5 heteroatoms. The maximum atomic E-state index is 12.1. The van der Waals surface area contributed by atoms with Crippen molar-refractivity contribution in [2.24, 2.45) is 5.73 Å². The van der Waals surface area contributed by atoms with Crippen LogP contribution in [0.15, 0.2) is 24.3 Å². The summed E-state index contributed by atoms with van der Waals surface area (Å²) in [6.45, 7) is 7.85. The molecule has 0 bridgehead atoms. The van der Waals surface area contributed by atoms with Crippen molar-refractivity contribution in [1.82, 2.24) is 10.2 Å². The number of nitrogens with two attached hydrogens (primary N) is 1. The molecule has 0 aromatic heterocycles. The lowest BCUT2D eigenvalue weighted by Crippen LogP contribution is -2.58. The molecule has 1 amide bonds. The van der Waals surface area contributed by atoms with Crippen LogP contribution in [0.3, 0.4) is 0 Å². The van der Waals surface area contributed by atoms with Crippen LogP contribution in [0.4, 0.5) is 0 Å². The van der Waals surface area contributed by atoms with Gasteiger partial charge in [-0.3, -0.25) is 9.69 Å². The largest absolute Gasteiger partial charge is 0.494 e. The van der Waals surface area contributed by atoms with E-state index < -0.39 is 5.54 Å². The summed E-state index contributed by atoms with van der Waals surface area (Å²) in [6.07, 6.45) is 0. The number of piperazine rings is 1. The Morgan fingerprint density at radius 2 is 1.95 bits per heavy atom. The van der Waals surface area contributed by atoms with E-state index in [1.807, 2.05) is 38.1 Å². The maximum Gasteiger partial charge on any atom is 0.242 e. The SMILES string of the molecule is CCOc1ccc(C(C)(C(N)=O)N2CCNCC2)cc1. The molecule has 0 aliphatic carbocycles. The molecule has 1 atom stereocenters. The van der Waals surface area contributed by atoms with Crippen LogP contribution >= 0.6 is 0 Å². The number of benzene rings is 1. The summed E-state index contributed by atoms with van der Waals surface area (Å²) in [5.41, 5.74) is 5.84. The highest BCUT2D eigenvalue weighted by molar-refractivity contribution is 5.85. The molecule has 0 spiro atoms. The summed E-state index contributed by atoms with van der Waals surface area (Å²) in [7, 11) is 0. The van der Waals surface area contributed by atoms with Crippen LogP contribution in [-0.2, 0) is 10.3 Å². The van der Waals surface area contributed by atoms with Crippen LogP contribution in [0, 0.1) is 0 Å². The van der Waals surface area contributed by atoms with E-state index in [9.17, 15) is 4.79 Å². The second-order valence-corrected chi connectivity index (χ2v) is 5.13. The standard InChI is InChI=1S/C15H23N3O2/c1-3-20-13-6-4-12(5-7-13)15(2,14(16)19)18-10-8-17-9-11-18/h4-7,17H,3,8-11H2,1-2H3,(H2,16,19). The number of carbonyl (C=O) groups is 1. The number of primary amides is 1. The number of nitrogens with zero attached hydrogens (tertiary/aromatic N) is 1. The Balaban J connectivity index is 2.29. The van der Waals surface area contributed by atoms with E-state index >= 15 is 0 Å². The number of amides is 1. The number of rotatable bonds is 5. The molecule has 1 heterocycles. The Morgan fingerprint density at radius 3 is 2.45 bits per heavy atom. The van der Waals surface area contributed by atoms with Gasteiger partial charge >= 0.3 is 0 Å². The maximum absolute atomic E-state index is 12.1. The smallest absolute Gasteiger partial charge is 0.242 e. The van der Waals surface area contributed by atoms with Crippen molar-refractivity contribution in [3.8, 4) is 5.75 Å². The molecular weight excluding hydrogens is 254 g/mol. The van der Waals surface area contributed by atoms with Crippen LogP contribution in [-0.4, -0.2) is 43.6 Å². The minimum absolute atomic E-state index is 0.316. The molecule has 1 unspecified atom stereocenters. The molecule has 3 N–H and O–H groups in total. The molecule has 20 heavy (non-hydrogen) atoms. The third kappa shape index (κ3) is 2.78. The van der Waals surface area contributed by atoms with Gasteiger partial charge in [0.05, 0.1) is 6.61 Å². The summed E-state index contributed by atoms with van der Waals surface area (Å²) in [5, 5.41) is 3.29. The summed E-state index contributed by atoms with van der Waals surface area (Å²) in [6, 6.07) is 7.64. The minimum atomic E-state index is -0.771. The van der Waals surface area contributed by atoms with Crippen molar-refractivity contribution in [1.29, 1.82) is 0 Å². The topological polar surface area (TPSA) is 67.6 Å². The van der Waals surface area contributed by atoms with Crippen LogP contribution in [0.5, 0.6) is 5.75 Å². The van der Waals surface area contributed by atoms with Gasteiger partial charge in [0, 0.05) is 26.2 Å². The van der Waals surface area contributed by atoms with E-state index in [0.29, 0.717) is 6.61 Å². The predicted molar refractivity (Wildman–Crippen MR) is 78.6 cm³/mol. The average molecular weight is 277 g/mol. The number of nitrogens with one attached hydrogen (secondary N) is 1. The molecule has 1 aliphatic rings. The van der Waals surface area contributed by atoms with Gasteiger partial charge in [-0.25, -0.2) is 0 Å². The van der Waals surface area contributed by atoms with Crippen molar-refractivity contribution in [3.05, 3.63) is 29.8 Å². The third-order valence-corrected chi connectivity index (χ3v) is 3.96. The fourth-order valence-corrected chi connectivity index (χ4v) is 2.64. The Kier molecular flexibility index (Phi) is 4.62. The van der Waals surface area contributed by atoms with Gasteiger partial charge in [-0.2, -0.15) is 0 Å². The normalized spacial score (nSPS) is 19.3. The molecule has 1 aromatic carbocycles. The average Bonchev–Trinajstić information content (AvgIpc) is 2.48. The van der Waals surface area contributed by atoms with Gasteiger partial charge in [-0.15, -0.1) is 0 Å². The molecule has 1 aromatic rings. The predicted octanol–water partition coefficient (Wildman–Crippen LogP) is 0.691. The van der Waals surface area contributed by atoms with Crippen LogP contribution < -0.4 is 15.8 Å². The summed E-state index contributed by atoms with van der Waals surface area (Å²) >= 11 is 0. The van der Waals surface area contributed by atoms with Crippen molar-refractivity contribution < 1.29 is 9.53 Å². The van der Waals surface area contributed by atoms with E-state index in [1.54, 1.807) is 0 Å². The zero-order valence-electron chi connectivity index (χ0n) is 12.2. The lowest BCUT2D eigenvalue weighted by molar-refractivity contribution is -0.130. The zero-order chi connectivity index (χ0) is 14.6. The quantitative estimate of drug-likeness (QED) is 0.831. The summed E-state index contributed by atoms with van der Waals surface area (Å²) in [5.74, 6) is 0.493. The van der Waals surface area contributed by atoms with Gasteiger partial charge in [0.25, 0.3) is 0 Å². The van der Waals surface area contributed by atoms with E-state index in [-0.39, 0.29) is 5.91 Å². The molecular formula is C15H23N3O2. The van der Waals surface area contributed by atoms with Gasteiger partial charge in [0.1, 0.15) is 11.3 Å². The highest BCUT2D eigenvalue weighted by Gasteiger charge is 2.39. The molecule has 2 rings (SSSR count). The van der Waals surface area contributed by atoms with Crippen molar-refractivity contribution in [3.63, 3.8) is 0 Å². The van der Waals surface area contributed by atoms with E-state index in [2.05, 4.69) is 10.2 Å². The first kappa shape index (κ1) is 14.8. The molecule has 110 valence electrons. The van der Waals surface area contributed by atoms with Crippen LogP contribution in [0.1, 0.15) is 19.4 Å². The Labute approximate surface area is 120 Å². The Hall–Kier alpha value is -1.59. The molecule has 0 saturated carbocycles. The fraction of sp³-hybridized carbons (Fsp3) is 0.533. The molecule has 1 saturated heterocycles. The van der Waals surface area contributed by atoms with Gasteiger partial charge in [0.2, 0.25) is 5.91 Å². The van der Waals surface area contributed by atoms with Crippen molar-refractivity contribution in [2.45, 2.75) is 19.4 Å². The summed E-state index contributed by atoms with van der Waals surface area (Å²) in [4.78, 5) is 14.2. The number of hydrogen-bond acceptors (Lipinski definition) is 4. The first-order valence-corrected chi connectivity index (χ1v) is 7.08. The van der Waals surface area contributed by atoms with E-state index in [4.69, 9.17) is 10.5 Å². The number of carbonyl (C=O) groups excluding carboxylic acids is 1. The summed E-state index contributed by atoms with van der Waals surface area (Å²) < 4.78 is 5.44. The lowest BCUT2D eigenvalue weighted by atomic mass is 9.88. The molecule has 1 aliphatic heterocycles. The first-order valence-electron chi connectivity index (χ1n) is 7.08. The van der Waals surface area contributed by atoms with Gasteiger partial charge in [-0.05, 0) is 31.5 Å². The number of ether oxygens (including phenoxy) is 1. The third-order valence-electron chi connectivity index (χ3n) is 3.96. The van der Waals surface area contributed by atoms with Crippen LogP contribution in [0.2, 0.25) is 0 Å². The molecule has 1 fully saturated rings. The lowest BCUT2D eigenvalue weighted by Gasteiger charge is -2.41. The van der Waals surface area contributed by atoms with Gasteiger partial charge in [-0.1, -0.05) is 12.1 Å². The second-order valence-electron chi connectivity index (χ2n) is 5.13. The van der Waals surface area contributed by atoms with E-state index in [1.165, 1.54) is 0 Å². The molecule has 0 radical (unpaired) electrons. The second kappa shape index (κ2) is 6.24. The Bertz CT molecular complexity index is 455. The fourth-order valence-electron chi connectivity index (χ4n) is 2.64.